The van der Waals surface area contributed by atoms with E-state index in [1.165, 1.54) is 18.2 Å². The van der Waals surface area contributed by atoms with Crippen LogP contribution in [0.25, 0.3) is 22.5 Å². The predicted octanol–water partition coefficient (Wildman–Crippen LogP) is 4.90. The molecule has 1 aromatic carbocycles. The summed E-state index contributed by atoms with van der Waals surface area (Å²) in [4.78, 5) is 15.6. The van der Waals surface area contributed by atoms with Gasteiger partial charge in [0, 0.05) is 29.4 Å². The molecular weight excluding hydrogens is 373 g/mol. The van der Waals surface area contributed by atoms with Crippen molar-refractivity contribution in [1.82, 2.24) is 14.8 Å². The van der Waals surface area contributed by atoms with Crippen molar-refractivity contribution in [2.45, 2.75) is 39.8 Å². The molecule has 2 N–H and O–H groups in total. The Balaban J connectivity index is 2.20. The summed E-state index contributed by atoms with van der Waals surface area (Å²) in [5, 5.41) is 16.1. The number of halogens is 1. The monoisotopic (exact) mass is 397 g/mol. The molecule has 2 aromatic heterocycles. The molecule has 0 radical (unpaired) electrons. The van der Waals surface area contributed by atoms with Gasteiger partial charge in [0.15, 0.2) is 0 Å². The molecule has 0 saturated carbocycles. The van der Waals surface area contributed by atoms with Crippen LogP contribution < -0.4 is 5.73 Å². The first-order valence-corrected chi connectivity index (χ1v) is 9.45. The maximum atomic E-state index is 13.4. The Labute approximate surface area is 168 Å². The molecule has 0 aliphatic carbocycles. The normalized spacial score (nSPS) is 12.6. The lowest BCUT2D eigenvalue weighted by Crippen LogP contribution is -2.20. The van der Waals surface area contributed by atoms with Crippen LogP contribution in [0.5, 0.6) is 0 Å². The lowest BCUT2D eigenvalue weighted by atomic mass is 9.99. The van der Waals surface area contributed by atoms with Crippen LogP contribution in [-0.2, 0) is 0 Å². The van der Waals surface area contributed by atoms with E-state index in [0.29, 0.717) is 17.0 Å². The van der Waals surface area contributed by atoms with Gasteiger partial charge in [-0.3, -0.25) is 14.8 Å². The number of pyridine rings is 1. The number of hydrogen-bond acceptors (Lipinski definition) is 5. The second kappa shape index (κ2) is 8.08. The van der Waals surface area contributed by atoms with E-state index in [1.54, 1.807) is 22.9 Å². The molecule has 8 heteroatoms. The van der Waals surface area contributed by atoms with Gasteiger partial charge in [0.05, 0.1) is 16.7 Å². The molecule has 3 rings (SSSR count). The number of nitrogens with zero attached hydrogens (tertiary/aromatic N) is 4. The van der Waals surface area contributed by atoms with Gasteiger partial charge in [0.25, 0.3) is 5.69 Å². The van der Waals surface area contributed by atoms with Crippen molar-refractivity contribution < 1.29 is 9.31 Å². The summed E-state index contributed by atoms with van der Waals surface area (Å²) < 4.78 is 15.2. The zero-order chi connectivity index (χ0) is 21.3. The molecule has 0 saturated heterocycles. The van der Waals surface area contributed by atoms with Gasteiger partial charge in [0.2, 0.25) is 0 Å². The van der Waals surface area contributed by atoms with Crippen LogP contribution in [0.15, 0.2) is 42.6 Å². The van der Waals surface area contributed by atoms with E-state index in [0.717, 1.165) is 5.56 Å². The van der Waals surface area contributed by atoms with Crippen LogP contribution in [0.4, 0.5) is 10.1 Å². The highest BCUT2D eigenvalue weighted by Gasteiger charge is 2.25. The molecule has 0 aliphatic heterocycles. The van der Waals surface area contributed by atoms with Crippen LogP contribution in [0.2, 0.25) is 0 Å². The standard InChI is InChI=1S/C21H24FN5O2/c1-12(2)19(23)21-18(27(28)29)10-9-17(24-21)16-11-26(13(3)4)25-20(16)14-5-7-15(22)8-6-14/h5-13,19H,23H2,1-4H3. The number of hydrogen-bond donors (Lipinski definition) is 1. The summed E-state index contributed by atoms with van der Waals surface area (Å²) in [6.45, 7) is 7.77. The molecule has 1 atom stereocenters. The Kier molecular flexibility index (Phi) is 5.74. The van der Waals surface area contributed by atoms with Gasteiger partial charge in [-0.05, 0) is 50.1 Å². The molecule has 0 amide bonds. The largest absolute Gasteiger partial charge is 0.322 e. The summed E-state index contributed by atoms with van der Waals surface area (Å²) >= 11 is 0. The number of nitro groups is 1. The molecule has 2 heterocycles. The number of nitrogens with two attached hydrogens (primary N) is 1. The van der Waals surface area contributed by atoms with Gasteiger partial charge < -0.3 is 5.73 Å². The number of benzene rings is 1. The molecule has 1 unspecified atom stereocenters. The minimum absolute atomic E-state index is 0.0218. The third kappa shape index (κ3) is 4.17. The van der Waals surface area contributed by atoms with Crippen molar-refractivity contribution in [3.63, 3.8) is 0 Å². The molecule has 0 aliphatic rings. The van der Waals surface area contributed by atoms with E-state index in [2.05, 4.69) is 10.1 Å². The van der Waals surface area contributed by atoms with Crippen LogP contribution in [0.1, 0.15) is 45.5 Å². The van der Waals surface area contributed by atoms with Crippen molar-refractivity contribution in [3.05, 3.63) is 64.2 Å². The fourth-order valence-electron chi connectivity index (χ4n) is 3.00. The second-order valence-corrected chi connectivity index (χ2v) is 7.60. The fourth-order valence-corrected chi connectivity index (χ4v) is 3.00. The van der Waals surface area contributed by atoms with Gasteiger partial charge in [-0.15, -0.1) is 0 Å². The highest BCUT2D eigenvalue weighted by atomic mass is 19.1. The highest BCUT2D eigenvalue weighted by Crippen LogP contribution is 2.34. The van der Waals surface area contributed by atoms with Crippen molar-refractivity contribution in [1.29, 1.82) is 0 Å². The lowest BCUT2D eigenvalue weighted by molar-refractivity contribution is -0.386. The Bertz CT molecular complexity index is 1030. The zero-order valence-corrected chi connectivity index (χ0v) is 16.8. The van der Waals surface area contributed by atoms with Gasteiger partial charge in [-0.2, -0.15) is 5.10 Å². The molecule has 3 aromatic rings. The van der Waals surface area contributed by atoms with Crippen LogP contribution in [0.3, 0.4) is 0 Å². The Morgan fingerprint density at radius 1 is 1.10 bits per heavy atom. The summed E-state index contributed by atoms with van der Waals surface area (Å²) in [5.74, 6) is -0.358. The fraction of sp³-hybridized carbons (Fsp3) is 0.333. The van der Waals surface area contributed by atoms with E-state index >= 15 is 0 Å². The Hall–Kier alpha value is -3.13. The topological polar surface area (TPSA) is 99.9 Å². The first-order chi connectivity index (χ1) is 13.7. The molecule has 152 valence electrons. The first kappa shape index (κ1) is 20.6. The zero-order valence-electron chi connectivity index (χ0n) is 16.8. The summed E-state index contributed by atoms with van der Waals surface area (Å²) in [7, 11) is 0. The van der Waals surface area contributed by atoms with Crippen molar-refractivity contribution in [2.24, 2.45) is 11.7 Å². The highest BCUT2D eigenvalue weighted by molar-refractivity contribution is 5.79. The summed E-state index contributed by atoms with van der Waals surface area (Å²) in [6, 6.07) is 8.59. The SMILES string of the molecule is CC(C)C(N)c1nc(-c2cn(C(C)C)nc2-c2ccc(F)cc2)ccc1[N+](=O)[O-]. The van der Waals surface area contributed by atoms with Gasteiger partial charge in [0.1, 0.15) is 17.2 Å². The number of rotatable bonds is 6. The van der Waals surface area contributed by atoms with E-state index in [4.69, 9.17) is 5.73 Å². The Morgan fingerprint density at radius 2 is 1.76 bits per heavy atom. The minimum Gasteiger partial charge on any atom is -0.322 e. The van der Waals surface area contributed by atoms with Gasteiger partial charge in [-0.1, -0.05) is 13.8 Å². The van der Waals surface area contributed by atoms with Gasteiger partial charge >= 0.3 is 0 Å². The maximum Gasteiger partial charge on any atom is 0.292 e. The maximum absolute atomic E-state index is 13.4. The molecule has 29 heavy (non-hydrogen) atoms. The average Bonchev–Trinajstić information content (AvgIpc) is 3.13. The van der Waals surface area contributed by atoms with E-state index in [1.807, 2.05) is 33.9 Å². The van der Waals surface area contributed by atoms with Crippen LogP contribution >= 0.6 is 0 Å². The second-order valence-electron chi connectivity index (χ2n) is 7.60. The Morgan fingerprint density at radius 3 is 2.31 bits per heavy atom. The molecule has 0 spiro atoms. The molecular formula is C21H24FN5O2. The van der Waals surface area contributed by atoms with Crippen molar-refractivity contribution >= 4 is 5.69 Å². The van der Waals surface area contributed by atoms with Crippen LogP contribution in [0, 0.1) is 21.8 Å². The minimum atomic E-state index is -0.579. The lowest BCUT2D eigenvalue weighted by Gasteiger charge is -2.16. The van der Waals surface area contributed by atoms with E-state index < -0.39 is 11.0 Å². The average molecular weight is 397 g/mol. The predicted molar refractivity (Wildman–Crippen MR) is 110 cm³/mol. The van der Waals surface area contributed by atoms with Crippen molar-refractivity contribution in [2.75, 3.05) is 0 Å². The summed E-state index contributed by atoms with van der Waals surface area (Å²) in [6.07, 6.45) is 1.85. The van der Waals surface area contributed by atoms with Crippen molar-refractivity contribution in [3.8, 4) is 22.5 Å². The quantitative estimate of drug-likeness (QED) is 0.471. The molecule has 7 nitrogen and oxygen atoms in total. The van der Waals surface area contributed by atoms with Crippen LogP contribution in [-0.4, -0.2) is 19.7 Å². The first-order valence-electron chi connectivity index (χ1n) is 9.45. The van der Waals surface area contributed by atoms with E-state index in [-0.39, 0.29) is 29.2 Å². The molecule has 0 bridgehead atoms. The summed E-state index contributed by atoms with van der Waals surface area (Å²) in [5.41, 5.74) is 8.95. The molecule has 0 fully saturated rings. The van der Waals surface area contributed by atoms with Gasteiger partial charge in [-0.25, -0.2) is 9.37 Å². The smallest absolute Gasteiger partial charge is 0.292 e. The third-order valence-corrected chi connectivity index (χ3v) is 4.79. The van der Waals surface area contributed by atoms with E-state index in [9.17, 15) is 14.5 Å². The third-order valence-electron chi connectivity index (χ3n) is 4.79. The number of aromatic nitrogens is 3.